The third-order valence-electron chi connectivity index (χ3n) is 7.75. The Kier molecular flexibility index (Phi) is 9.86. The summed E-state index contributed by atoms with van der Waals surface area (Å²) in [4.78, 5) is 13.3. The molecule has 5 unspecified atom stereocenters. The Labute approximate surface area is 202 Å². The Morgan fingerprint density at radius 2 is 1.69 bits per heavy atom. The molecule has 0 aromatic rings. The van der Waals surface area contributed by atoms with Gasteiger partial charge in [-0.05, 0) is 57.3 Å². The molecule has 7 nitrogen and oxygen atoms in total. The number of ether oxygens (including phenoxy) is 2. The maximum Gasteiger partial charge on any atom is 0.235 e. The van der Waals surface area contributed by atoms with Crippen molar-refractivity contribution in [1.29, 1.82) is 0 Å². The van der Waals surface area contributed by atoms with E-state index in [4.69, 9.17) is 9.47 Å². The van der Waals surface area contributed by atoms with Gasteiger partial charge >= 0.3 is 0 Å². The second-order valence-electron chi connectivity index (χ2n) is 9.96. The summed E-state index contributed by atoms with van der Waals surface area (Å²) in [7, 11) is -0.314. The molecule has 32 heavy (non-hydrogen) atoms. The van der Waals surface area contributed by atoms with Gasteiger partial charge in [-0.2, -0.15) is 4.31 Å². The van der Waals surface area contributed by atoms with Crippen LogP contribution in [0, 0.1) is 5.92 Å². The number of methoxy groups -OCH3 is 2. The number of nitrogens with one attached hydrogen (secondary N) is 1. The van der Waals surface area contributed by atoms with Crippen LogP contribution in [0.15, 0.2) is 0 Å². The smallest absolute Gasteiger partial charge is 0.235 e. The number of sulfonamides is 1. The van der Waals surface area contributed by atoms with Gasteiger partial charge in [0.1, 0.15) is 0 Å². The topological polar surface area (TPSA) is 84.9 Å². The van der Waals surface area contributed by atoms with Crippen LogP contribution in [0.2, 0.25) is 0 Å². The molecule has 1 N–H and O–H groups in total. The largest absolute Gasteiger partial charge is 0.381 e. The molecule has 0 aromatic carbocycles. The van der Waals surface area contributed by atoms with E-state index in [1.165, 1.54) is 4.31 Å². The highest BCUT2D eigenvalue weighted by atomic mass is 79.9. The standard InChI is InChI=1S/C23H41BrN2O5S/c1-16-8-11-18(12-9-16)32(28,29)26(21-13-10-17(30-2)14-22(21)31-3)15-23(27)25-20-7-5-4-6-19(20)24/h16-22H,4-15H2,1-3H3,(H,25,27). The first-order valence-corrected chi connectivity index (χ1v) is 14.7. The number of hydrogen-bond donors (Lipinski definition) is 1. The Morgan fingerprint density at radius 3 is 2.31 bits per heavy atom. The molecule has 3 rings (SSSR count). The van der Waals surface area contributed by atoms with E-state index in [0.29, 0.717) is 31.6 Å². The van der Waals surface area contributed by atoms with Gasteiger partial charge in [0.05, 0.1) is 30.0 Å². The van der Waals surface area contributed by atoms with Crippen molar-refractivity contribution in [3.05, 3.63) is 0 Å². The van der Waals surface area contributed by atoms with Crippen LogP contribution < -0.4 is 5.32 Å². The van der Waals surface area contributed by atoms with E-state index in [2.05, 4.69) is 28.2 Å². The van der Waals surface area contributed by atoms with Crippen LogP contribution in [0.25, 0.3) is 0 Å². The molecule has 186 valence electrons. The van der Waals surface area contributed by atoms with E-state index in [9.17, 15) is 13.2 Å². The van der Waals surface area contributed by atoms with Gasteiger partial charge in [-0.25, -0.2) is 8.42 Å². The number of nitrogens with zero attached hydrogens (tertiary/aromatic N) is 1. The number of halogens is 1. The van der Waals surface area contributed by atoms with Crippen LogP contribution in [0.4, 0.5) is 0 Å². The molecule has 1 amide bonds. The lowest BCUT2D eigenvalue weighted by Gasteiger charge is -2.42. The van der Waals surface area contributed by atoms with Crippen LogP contribution in [0.5, 0.6) is 0 Å². The lowest BCUT2D eigenvalue weighted by atomic mass is 9.90. The zero-order valence-corrected chi connectivity index (χ0v) is 22.2. The van der Waals surface area contributed by atoms with Crippen molar-refractivity contribution in [2.75, 3.05) is 20.8 Å². The van der Waals surface area contributed by atoms with Crippen molar-refractivity contribution in [1.82, 2.24) is 9.62 Å². The summed E-state index contributed by atoms with van der Waals surface area (Å²) in [5.74, 6) is 0.349. The number of amides is 1. The second-order valence-corrected chi connectivity index (χ2v) is 13.3. The monoisotopic (exact) mass is 536 g/mol. The Bertz CT molecular complexity index is 713. The Morgan fingerprint density at radius 1 is 1.00 bits per heavy atom. The van der Waals surface area contributed by atoms with Crippen molar-refractivity contribution in [3.63, 3.8) is 0 Å². The molecule has 9 heteroatoms. The van der Waals surface area contributed by atoms with Crippen LogP contribution in [0.1, 0.15) is 77.6 Å². The molecule has 5 atom stereocenters. The van der Waals surface area contributed by atoms with Gasteiger partial charge < -0.3 is 14.8 Å². The molecule has 0 spiro atoms. The second kappa shape index (κ2) is 12.0. The fourth-order valence-corrected chi connectivity index (χ4v) is 8.52. The summed E-state index contributed by atoms with van der Waals surface area (Å²) in [6, 6.07) is -0.286. The normalized spacial score (nSPS) is 36.7. The molecule has 3 aliphatic carbocycles. The lowest BCUT2D eigenvalue weighted by molar-refractivity contribution is -0.123. The number of hydrogen-bond acceptors (Lipinski definition) is 5. The van der Waals surface area contributed by atoms with Gasteiger partial charge in [0.2, 0.25) is 15.9 Å². The first-order chi connectivity index (χ1) is 15.3. The van der Waals surface area contributed by atoms with Gasteiger partial charge in [-0.1, -0.05) is 35.7 Å². The maximum absolute atomic E-state index is 13.8. The molecule has 0 heterocycles. The SMILES string of the molecule is COC1CCC(N(CC(=O)NC2CCCCC2Br)S(=O)(=O)C2CCC(C)CC2)C(OC)C1. The van der Waals surface area contributed by atoms with E-state index in [-0.39, 0.29) is 41.6 Å². The van der Waals surface area contributed by atoms with Crippen molar-refractivity contribution in [2.45, 2.75) is 112 Å². The number of alkyl halides is 1. The molecular weight excluding hydrogens is 496 g/mol. The highest BCUT2D eigenvalue weighted by molar-refractivity contribution is 9.09. The molecule has 0 aromatic heterocycles. The van der Waals surface area contributed by atoms with Crippen molar-refractivity contribution in [2.24, 2.45) is 5.92 Å². The van der Waals surface area contributed by atoms with E-state index >= 15 is 0 Å². The van der Waals surface area contributed by atoms with Gasteiger partial charge in [0.15, 0.2) is 0 Å². The van der Waals surface area contributed by atoms with Gasteiger partial charge in [-0.3, -0.25) is 4.79 Å². The van der Waals surface area contributed by atoms with Crippen molar-refractivity contribution < 1.29 is 22.7 Å². The predicted octanol–water partition coefficient (Wildman–Crippen LogP) is 3.60. The quantitative estimate of drug-likeness (QED) is 0.479. The first kappa shape index (κ1) is 26.4. The third-order valence-corrected chi connectivity index (χ3v) is 11.2. The number of carbonyl (C=O) groups excluding carboxylic acids is 1. The van der Waals surface area contributed by atoms with E-state index in [0.717, 1.165) is 44.9 Å². The molecular formula is C23H41BrN2O5S. The molecule has 0 saturated heterocycles. The summed E-state index contributed by atoms with van der Waals surface area (Å²) >= 11 is 3.69. The minimum absolute atomic E-state index is 0.0544. The molecule has 3 aliphatic rings. The predicted molar refractivity (Wildman–Crippen MR) is 129 cm³/mol. The highest BCUT2D eigenvalue weighted by Crippen LogP contribution is 2.34. The first-order valence-electron chi connectivity index (χ1n) is 12.3. The van der Waals surface area contributed by atoms with Crippen LogP contribution >= 0.6 is 15.9 Å². The molecule has 0 radical (unpaired) electrons. The molecule has 0 aliphatic heterocycles. The number of rotatable bonds is 8. The number of carbonyl (C=O) groups is 1. The summed E-state index contributed by atoms with van der Waals surface area (Å²) in [5, 5.41) is 2.70. The van der Waals surface area contributed by atoms with Crippen molar-refractivity contribution in [3.8, 4) is 0 Å². The molecule has 0 bridgehead atoms. The van der Waals surface area contributed by atoms with Crippen LogP contribution in [0.3, 0.4) is 0 Å². The van der Waals surface area contributed by atoms with Crippen LogP contribution in [-0.4, -0.2) is 73.8 Å². The van der Waals surface area contributed by atoms with Gasteiger partial charge in [0, 0.05) is 31.5 Å². The Hall–Kier alpha value is -0.220. The Balaban J connectivity index is 1.79. The average Bonchev–Trinajstić information content (AvgIpc) is 2.79. The molecule has 3 fully saturated rings. The van der Waals surface area contributed by atoms with Crippen molar-refractivity contribution >= 4 is 31.9 Å². The highest BCUT2D eigenvalue weighted by Gasteiger charge is 2.44. The van der Waals surface area contributed by atoms with E-state index < -0.39 is 15.3 Å². The lowest BCUT2D eigenvalue weighted by Crippen LogP contribution is -2.57. The zero-order valence-electron chi connectivity index (χ0n) is 19.8. The average molecular weight is 538 g/mol. The minimum Gasteiger partial charge on any atom is -0.381 e. The summed E-state index contributed by atoms with van der Waals surface area (Å²) in [6.07, 6.45) is 9.18. The summed E-state index contributed by atoms with van der Waals surface area (Å²) < 4.78 is 40.5. The minimum atomic E-state index is -3.62. The third kappa shape index (κ3) is 6.46. The van der Waals surface area contributed by atoms with Crippen LogP contribution in [-0.2, 0) is 24.3 Å². The fourth-order valence-electron chi connectivity index (χ4n) is 5.63. The van der Waals surface area contributed by atoms with Gasteiger partial charge in [0.25, 0.3) is 0 Å². The maximum atomic E-state index is 13.8. The summed E-state index contributed by atoms with van der Waals surface area (Å²) in [5.41, 5.74) is 0. The van der Waals surface area contributed by atoms with E-state index in [1.807, 2.05) is 0 Å². The van der Waals surface area contributed by atoms with Gasteiger partial charge in [-0.15, -0.1) is 0 Å². The summed E-state index contributed by atoms with van der Waals surface area (Å²) in [6.45, 7) is 2.05. The molecule has 3 saturated carbocycles. The zero-order chi connectivity index (χ0) is 23.3. The van der Waals surface area contributed by atoms with E-state index in [1.54, 1.807) is 14.2 Å². The fraction of sp³-hybridized carbons (Fsp3) is 0.957.